The summed E-state index contributed by atoms with van der Waals surface area (Å²) in [6.07, 6.45) is -0.723. The van der Waals surface area contributed by atoms with E-state index in [4.69, 9.17) is 9.47 Å². The fourth-order valence-electron chi connectivity index (χ4n) is 2.89. The first-order valence-corrected chi connectivity index (χ1v) is 9.09. The first kappa shape index (κ1) is 19.4. The molecule has 0 N–H and O–H groups in total. The van der Waals surface area contributed by atoms with Gasteiger partial charge in [-0.05, 0) is 47.9 Å². The molecule has 0 saturated heterocycles. The molecule has 0 bridgehead atoms. The molecule has 0 amide bonds. The molecule has 0 spiro atoms. The molecule has 1 atom stereocenters. The van der Waals surface area contributed by atoms with E-state index < -0.39 is 12.1 Å². The molecule has 0 aliphatic rings. The average Bonchev–Trinajstić information content (AvgIpc) is 2.74. The molecule has 28 heavy (non-hydrogen) atoms. The number of carbonyl (C=O) groups is 2. The number of rotatable bonds is 7. The topological polar surface area (TPSA) is 52.6 Å². The Bertz CT molecular complexity index is 929. The van der Waals surface area contributed by atoms with Crippen LogP contribution in [0.1, 0.15) is 22.8 Å². The molecule has 0 aliphatic heterocycles. The summed E-state index contributed by atoms with van der Waals surface area (Å²) in [7, 11) is 1.56. The third-order valence-electron chi connectivity index (χ3n) is 4.46. The first-order valence-electron chi connectivity index (χ1n) is 9.09. The van der Waals surface area contributed by atoms with E-state index in [2.05, 4.69) is 0 Å². The number of ketones is 1. The van der Waals surface area contributed by atoms with Crippen molar-refractivity contribution in [1.29, 1.82) is 0 Å². The van der Waals surface area contributed by atoms with Gasteiger partial charge >= 0.3 is 5.97 Å². The van der Waals surface area contributed by atoms with Crippen LogP contribution in [0, 0.1) is 0 Å². The predicted molar refractivity (Wildman–Crippen MR) is 108 cm³/mol. The minimum absolute atomic E-state index is 0.120. The summed E-state index contributed by atoms with van der Waals surface area (Å²) in [6.45, 7) is 1.59. The maximum Gasteiger partial charge on any atom is 0.310 e. The molecule has 3 aromatic rings. The number of methoxy groups -OCH3 is 1. The highest BCUT2D eigenvalue weighted by molar-refractivity contribution is 6.00. The van der Waals surface area contributed by atoms with Crippen molar-refractivity contribution in [2.24, 2.45) is 0 Å². The molecule has 0 fully saturated rings. The number of ether oxygens (including phenoxy) is 2. The number of carbonyl (C=O) groups excluding carboxylic acids is 2. The molecule has 142 valence electrons. The number of hydrogen-bond donors (Lipinski definition) is 0. The van der Waals surface area contributed by atoms with Gasteiger partial charge in [-0.15, -0.1) is 0 Å². The molecule has 0 heterocycles. The van der Waals surface area contributed by atoms with Gasteiger partial charge < -0.3 is 9.47 Å². The Morgan fingerprint density at radius 1 is 0.821 bits per heavy atom. The van der Waals surface area contributed by atoms with Crippen LogP contribution < -0.4 is 4.74 Å². The largest absolute Gasteiger partial charge is 0.497 e. The average molecular weight is 374 g/mol. The summed E-state index contributed by atoms with van der Waals surface area (Å²) >= 11 is 0. The summed E-state index contributed by atoms with van der Waals surface area (Å²) in [6, 6.07) is 24.5. The van der Waals surface area contributed by atoms with Crippen molar-refractivity contribution in [1.82, 2.24) is 0 Å². The van der Waals surface area contributed by atoms with Crippen LogP contribution in [0.5, 0.6) is 5.75 Å². The Labute approximate surface area is 164 Å². The van der Waals surface area contributed by atoms with Crippen molar-refractivity contribution in [3.8, 4) is 16.9 Å². The van der Waals surface area contributed by atoms with Gasteiger partial charge in [-0.25, -0.2) is 0 Å². The number of Topliss-reactive ketones (excluding diaryl/α,β-unsaturated/α-hetero) is 1. The van der Waals surface area contributed by atoms with Gasteiger partial charge in [0.1, 0.15) is 5.75 Å². The van der Waals surface area contributed by atoms with E-state index in [1.54, 1.807) is 38.3 Å². The van der Waals surface area contributed by atoms with E-state index in [0.717, 1.165) is 16.7 Å². The number of benzene rings is 3. The van der Waals surface area contributed by atoms with Crippen molar-refractivity contribution in [3.05, 3.63) is 90.0 Å². The molecular formula is C24H22O4. The van der Waals surface area contributed by atoms with Gasteiger partial charge in [0.25, 0.3) is 0 Å². The third-order valence-corrected chi connectivity index (χ3v) is 4.46. The molecule has 3 aromatic carbocycles. The monoisotopic (exact) mass is 374 g/mol. The Morgan fingerprint density at radius 2 is 1.43 bits per heavy atom. The Morgan fingerprint density at radius 3 is 2.04 bits per heavy atom. The van der Waals surface area contributed by atoms with E-state index in [0.29, 0.717) is 11.3 Å². The van der Waals surface area contributed by atoms with Crippen LogP contribution in [0.3, 0.4) is 0 Å². The van der Waals surface area contributed by atoms with Crippen LogP contribution in [0.4, 0.5) is 0 Å². The molecule has 4 nitrogen and oxygen atoms in total. The molecule has 4 heteroatoms. The molecule has 0 saturated carbocycles. The summed E-state index contributed by atoms with van der Waals surface area (Å²) < 4.78 is 10.4. The molecule has 3 rings (SSSR count). The lowest BCUT2D eigenvalue weighted by Gasteiger charge is -2.13. The molecule has 0 radical (unpaired) electrons. The molecule has 0 unspecified atom stereocenters. The zero-order chi connectivity index (χ0) is 19.9. The summed E-state index contributed by atoms with van der Waals surface area (Å²) in [5.41, 5.74) is 3.53. The SMILES string of the molecule is COc1ccc(C(=O)[C@@H](C)OC(=O)Cc2ccc(-c3ccccc3)cc2)cc1. The van der Waals surface area contributed by atoms with Gasteiger partial charge in [-0.3, -0.25) is 9.59 Å². The summed E-state index contributed by atoms with van der Waals surface area (Å²) in [4.78, 5) is 24.6. The van der Waals surface area contributed by atoms with Gasteiger partial charge in [0.05, 0.1) is 13.5 Å². The van der Waals surface area contributed by atoms with Gasteiger partial charge in [-0.1, -0.05) is 54.6 Å². The minimum atomic E-state index is -0.843. The standard InChI is InChI=1S/C24H22O4/c1-17(24(26)21-12-14-22(27-2)15-13-21)28-23(25)16-18-8-10-20(11-9-18)19-6-4-3-5-7-19/h3-15,17H,16H2,1-2H3/t17-/m1/s1. The fourth-order valence-corrected chi connectivity index (χ4v) is 2.89. The Kier molecular flexibility index (Phi) is 6.22. The maximum atomic E-state index is 12.4. The quantitative estimate of drug-likeness (QED) is 0.444. The molecule has 0 aliphatic carbocycles. The smallest absolute Gasteiger partial charge is 0.310 e. The second kappa shape index (κ2) is 9.00. The van der Waals surface area contributed by atoms with Crippen molar-refractivity contribution >= 4 is 11.8 Å². The Hall–Kier alpha value is -3.40. The van der Waals surface area contributed by atoms with E-state index in [1.807, 2.05) is 54.6 Å². The van der Waals surface area contributed by atoms with Crippen molar-refractivity contribution < 1.29 is 19.1 Å². The second-order valence-corrected chi connectivity index (χ2v) is 6.46. The van der Waals surface area contributed by atoms with E-state index in [-0.39, 0.29) is 12.2 Å². The lowest BCUT2D eigenvalue weighted by molar-refractivity contribution is -0.145. The predicted octanol–water partition coefficient (Wildman–Crippen LogP) is 4.72. The highest BCUT2D eigenvalue weighted by atomic mass is 16.5. The Balaban J connectivity index is 1.57. The summed E-state index contributed by atoms with van der Waals surface area (Å²) in [5, 5.41) is 0. The molecular weight excluding hydrogens is 352 g/mol. The van der Waals surface area contributed by atoms with Gasteiger partial charge in [0.15, 0.2) is 6.10 Å². The number of esters is 1. The van der Waals surface area contributed by atoms with Crippen LogP contribution in [-0.4, -0.2) is 25.0 Å². The van der Waals surface area contributed by atoms with Gasteiger partial charge in [-0.2, -0.15) is 0 Å². The van der Waals surface area contributed by atoms with Crippen LogP contribution in [-0.2, 0) is 16.0 Å². The first-order chi connectivity index (χ1) is 13.6. The highest BCUT2D eigenvalue weighted by Gasteiger charge is 2.19. The maximum absolute atomic E-state index is 12.4. The van der Waals surface area contributed by atoms with Crippen molar-refractivity contribution in [2.75, 3.05) is 7.11 Å². The second-order valence-electron chi connectivity index (χ2n) is 6.46. The normalized spacial score (nSPS) is 11.5. The lowest BCUT2D eigenvalue weighted by Crippen LogP contribution is -2.25. The van der Waals surface area contributed by atoms with E-state index in [9.17, 15) is 9.59 Å². The molecule has 0 aromatic heterocycles. The van der Waals surface area contributed by atoms with Crippen molar-refractivity contribution in [3.63, 3.8) is 0 Å². The highest BCUT2D eigenvalue weighted by Crippen LogP contribution is 2.20. The van der Waals surface area contributed by atoms with Crippen LogP contribution in [0.2, 0.25) is 0 Å². The van der Waals surface area contributed by atoms with E-state index >= 15 is 0 Å². The van der Waals surface area contributed by atoms with Gasteiger partial charge in [0.2, 0.25) is 5.78 Å². The van der Waals surface area contributed by atoms with Gasteiger partial charge in [0, 0.05) is 5.56 Å². The summed E-state index contributed by atoms with van der Waals surface area (Å²) in [5.74, 6) is -0.00241. The zero-order valence-electron chi connectivity index (χ0n) is 15.9. The van der Waals surface area contributed by atoms with Crippen LogP contribution >= 0.6 is 0 Å². The minimum Gasteiger partial charge on any atom is -0.497 e. The van der Waals surface area contributed by atoms with Crippen molar-refractivity contribution in [2.45, 2.75) is 19.4 Å². The lowest BCUT2D eigenvalue weighted by atomic mass is 10.0. The zero-order valence-corrected chi connectivity index (χ0v) is 15.9. The van der Waals surface area contributed by atoms with E-state index in [1.165, 1.54) is 0 Å². The fraction of sp³-hybridized carbons (Fsp3) is 0.167. The third kappa shape index (κ3) is 4.86. The number of hydrogen-bond acceptors (Lipinski definition) is 4. The van der Waals surface area contributed by atoms with Crippen LogP contribution in [0.15, 0.2) is 78.9 Å². The van der Waals surface area contributed by atoms with Crippen LogP contribution in [0.25, 0.3) is 11.1 Å².